The molecule has 0 atom stereocenters. The van der Waals surface area contributed by atoms with Crippen LogP contribution < -0.4 is 9.46 Å². The van der Waals surface area contributed by atoms with Crippen molar-refractivity contribution >= 4 is 21.5 Å². The molecule has 0 saturated heterocycles. The van der Waals surface area contributed by atoms with Gasteiger partial charge in [-0.05, 0) is 42.3 Å². The van der Waals surface area contributed by atoms with Crippen LogP contribution in [0, 0.1) is 0 Å². The smallest absolute Gasteiger partial charge is 0.264 e. The first kappa shape index (κ1) is 16.7. The number of hydrogen-bond acceptors (Lipinski definition) is 5. The molecular formula is C16H16N2O4S. The van der Waals surface area contributed by atoms with Crippen LogP contribution in [0.3, 0.4) is 0 Å². The van der Waals surface area contributed by atoms with Crippen molar-refractivity contribution in [1.82, 2.24) is 9.71 Å². The van der Waals surface area contributed by atoms with Crippen molar-refractivity contribution in [1.29, 1.82) is 0 Å². The second-order valence-corrected chi connectivity index (χ2v) is 6.39. The summed E-state index contributed by atoms with van der Waals surface area (Å²) in [6.45, 7) is 1.72. The van der Waals surface area contributed by atoms with Crippen molar-refractivity contribution in [2.75, 3.05) is 7.11 Å². The fourth-order valence-corrected chi connectivity index (χ4v) is 2.85. The summed E-state index contributed by atoms with van der Waals surface area (Å²) in [6.07, 6.45) is 4.42. The number of sulfonamides is 1. The Kier molecular flexibility index (Phi) is 5.13. The van der Waals surface area contributed by atoms with E-state index in [0.29, 0.717) is 11.3 Å². The number of benzene rings is 1. The number of amides is 1. The van der Waals surface area contributed by atoms with Crippen LogP contribution in [0.25, 0.3) is 5.57 Å². The van der Waals surface area contributed by atoms with Gasteiger partial charge in [0, 0.05) is 24.5 Å². The molecule has 0 unspecified atom stereocenters. The summed E-state index contributed by atoms with van der Waals surface area (Å²) < 4.78 is 31.4. The minimum absolute atomic E-state index is 0.0415. The standard InChI is InChI=1S/C16H16N2O4S/c1-12(13-6-8-17-9-7-13)10-16(19)18-23(20,21)15-5-3-4-14(11-15)22-2/h3-11H,1-2H3,(H,18,19)/b12-10-. The first-order valence-corrected chi connectivity index (χ1v) is 8.20. The van der Waals surface area contributed by atoms with Gasteiger partial charge in [-0.3, -0.25) is 9.78 Å². The maximum atomic E-state index is 12.2. The van der Waals surface area contributed by atoms with Gasteiger partial charge in [-0.2, -0.15) is 0 Å². The molecule has 7 heteroatoms. The molecule has 0 aliphatic heterocycles. The van der Waals surface area contributed by atoms with Gasteiger partial charge in [-0.25, -0.2) is 13.1 Å². The fraction of sp³-hybridized carbons (Fsp3) is 0.125. The highest BCUT2D eigenvalue weighted by atomic mass is 32.2. The zero-order valence-electron chi connectivity index (χ0n) is 12.7. The highest BCUT2D eigenvalue weighted by Crippen LogP contribution is 2.17. The van der Waals surface area contributed by atoms with Crippen molar-refractivity contribution in [3.63, 3.8) is 0 Å². The lowest BCUT2D eigenvalue weighted by molar-refractivity contribution is -0.114. The topological polar surface area (TPSA) is 85.4 Å². The number of nitrogens with zero attached hydrogens (tertiary/aromatic N) is 1. The van der Waals surface area contributed by atoms with E-state index in [4.69, 9.17) is 4.74 Å². The second-order valence-electron chi connectivity index (χ2n) is 4.71. The number of methoxy groups -OCH3 is 1. The van der Waals surface area contributed by atoms with E-state index in [2.05, 4.69) is 4.98 Å². The Bertz CT molecular complexity index is 830. The SMILES string of the molecule is COc1cccc(S(=O)(=O)NC(=O)/C=C(/C)c2ccncc2)c1. The predicted octanol–water partition coefficient (Wildman–Crippen LogP) is 2.00. The zero-order chi connectivity index (χ0) is 16.9. The quantitative estimate of drug-likeness (QED) is 0.847. The Morgan fingerprint density at radius 2 is 1.91 bits per heavy atom. The van der Waals surface area contributed by atoms with E-state index < -0.39 is 15.9 Å². The molecule has 0 bridgehead atoms. The van der Waals surface area contributed by atoms with Gasteiger partial charge in [-0.1, -0.05) is 6.07 Å². The molecule has 0 spiro atoms. The highest BCUT2D eigenvalue weighted by Gasteiger charge is 2.17. The normalized spacial score (nSPS) is 11.8. The third-order valence-corrected chi connectivity index (χ3v) is 4.41. The van der Waals surface area contributed by atoms with Gasteiger partial charge in [0.2, 0.25) is 0 Å². The summed E-state index contributed by atoms with van der Waals surface area (Å²) in [5.74, 6) is -0.328. The van der Waals surface area contributed by atoms with E-state index in [1.165, 1.54) is 31.4 Å². The van der Waals surface area contributed by atoms with Crippen LogP contribution in [0.4, 0.5) is 0 Å². The van der Waals surface area contributed by atoms with Crippen molar-refractivity contribution in [2.45, 2.75) is 11.8 Å². The third kappa shape index (κ3) is 4.40. The number of ether oxygens (including phenoxy) is 1. The number of carbonyl (C=O) groups is 1. The average Bonchev–Trinajstić information content (AvgIpc) is 2.55. The average molecular weight is 332 g/mol. The van der Waals surface area contributed by atoms with E-state index >= 15 is 0 Å². The number of carbonyl (C=O) groups excluding carboxylic acids is 1. The maximum absolute atomic E-state index is 12.2. The van der Waals surface area contributed by atoms with Crippen molar-refractivity contribution in [3.8, 4) is 5.75 Å². The fourth-order valence-electron chi connectivity index (χ4n) is 1.88. The lowest BCUT2D eigenvalue weighted by Crippen LogP contribution is -2.29. The van der Waals surface area contributed by atoms with E-state index in [1.54, 1.807) is 37.5 Å². The van der Waals surface area contributed by atoms with Crippen LogP contribution in [0.2, 0.25) is 0 Å². The van der Waals surface area contributed by atoms with Gasteiger partial charge >= 0.3 is 0 Å². The van der Waals surface area contributed by atoms with Gasteiger partial charge in [-0.15, -0.1) is 0 Å². The van der Waals surface area contributed by atoms with Crippen molar-refractivity contribution < 1.29 is 17.9 Å². The van der Waals surface area contributed by atoms with Gasteiger partial charge in [0.05, 0.1) is 12.0 Å². The Hall–Kier alpha value is -2.67. The first-order chi connectivity index (χ1) is 10.9. The summed E-state index contributed by atoms with van der Waals surface area (Å²) in [7, 11) is -2.52. The predicted molar refractivity (Wildman–Crippen MR) is 86.2 cm³/mol. The molecule has 0 saturated carbocycles. The summed E-state index contributed by atoms with van der Waals surface area (Å²) in [5, 5.41) is 0. The number of aromatic nitrogens is 1. The molecule has 6 nitrogen and oxygen atoms in total. The number of allylic oxidation sites excluding steroid dienone is 1. The molecule has 1 aromatic carbocycles. The van der Waals surface area contributed by atoms with E-state index in [0.717, 1.165) is 5.56 Å². The van der Waals surface area contributed by atoms with E-state index in [-0.39, 0.29) is 4.90 Å². The Labute approximate surface area is 134 Å². The Balaban J connectivity index is 2.18. The Morgan fingerprint density at radius 1 is 1.22 bits per heavy atom. The third-order valence-electron chi connectivity index (χ3n) is 3.07. The summed E-state index contributed by atoms with van der Waals surface area (Å²) in [5.41, 5.74) is 1.42. The molecule has 2 rings (SSSR count). The maximum Gasteiger partial charge on any atom is 0.264 e. The van der Waals surface area contributed by atoms with Gasteiger partial charge in [0.1, 0.15) is 5.75 Å². The molecule has 120 valence electrons. The molecule has 0 fully saturated rings. The molecule has 1 heterocycles. The van der Waals surface area contributed by atoms with Crippen LogP contribution >= 0.6 is 0 Å². The van der Waals surface area contributed by atoms with Crippen molar-refractivity contribution in [2.24, 2.45) is 0 Å². The number of rotatable bonds is 5. The molecule has 0 aliphatic rings. The molecule has 2 aromatic rings. The lowest BCUT2D eigenvalue weighted by atomic mass is 10.1. The Morgan fingerprint density at radius 3 is 2.57 bits per heavy atom. The van der Waals surface area contributed by atoms with Crippen LogP contribution in [0.5, 0.6) is 5.75 Å². The molecule has 1 amide bonds. The van der Waals surface area contributed by atoms with Gasteiger partial charge in [0.25, 0.3) is 15.9 Å². The first-order valence-electron chi connectivity index (χ1n) is 6.72. The summed E-state index contributed by atoms with van der Waals surface area (Å²) in [4.78, 5) is 15.8. The summed E-state index contributed by atoms with van der Waals surface area (Å²) in [6, 6.07) is 9.35. The summed E-state index contributed by atoms with van der Waals surface area (Å²) >= 11 is 0. The molecule has 0 radical (unpaired) electrons. The van der Waals surface area contributed by atoms with Crippen LogP contribution in [0.1, 0.15) is 12.5 Å². The molecule has 1 aromatic heterocycles. The van der Waals surface area contributed by atoms with E-state index in [9.17, 15) is 13.2 Å². The van der Waals surface area contributed by atoms with Crippen LogP contribution in [0.15, 0.2) is 59.8 Å². The number of pyridine rings is 1. The largest absolute Gasteiger partial charge is 0.497 e. The van der Waals surface area contributed by atoms with Gasteiger partial charge < -0.3 is 4.74 Å². The van der Waals surface area contributed by atoms with Crippen molar-refractivity contribution in [3.05, 3.63) is 60.4 Å². The van der Waals surface area contributed by atoms with Gasteiger partial charge in [0.15, 0.2) is 0 Å². The molecular weight excluding hydrogens is 316 g/mol. The van der Waals surface area contributed by atoms with Crippen LogP contribution in [-0.2, 0) is 14.8 Å². The second kappa shape index (κ2) is 7.06. The zero-order valence-corrected chi connectivity index (χ0v) is 13.5. The minimum atomic E-state index is -3.96. The van der Waals surface area contributed by atoms with Crippen LogP contribution in [-0.4, -0.2) is 26.4 Å². The highest BCUT2D eigenvalue weighted by molar-refractivity contribution is 7.90. The number of hydrogen-bond donors (Lipinski definition) is 1. The monoisotopic (exact) mass is 332 g/mol. The number of nitrogens with one attached hydrogen (secondary N) is 1. The lowest BCUT2D eigenvalue weighted by Gasteiger charge is -2.07. The minimum Gasteiger partial charge on any atom is -0.497 e. The molecule has 23 heavy (non-hydrogen) atoms. The molecule has 0 aliphatic carbocycles. The van der Waals surface area contributed by atoms with E-state index in [1.807, 2.05) is 4.72 Å². The molecule has 1 N–H and O–H groups in total.